The summed E-state index contributed by atoms with van der Waals surface area (Å²) in [6, 6.07) is 7.70. The molecular formula is C16H21ClN2OS. The Bertz CT molecular complexity index is 560. The van der Waals surface area contributed by atoms with Crippen molar-refractivity contribution in [3.05, 3.63) is 50.9 Å². The zero-order valence-electron chi connectivity index (χ0n) is 12.6. The maximum absolute atomic E-state index is 5.85. The highest BCUT2D eigenvalue weighted by molar-refractivity contribution is 7.09. The van der Waals surface area contributed by atoms with E-state index in [9.17, 15) is 0 Å². The molecule has 5 heteroatoms. The summed E-state index contributed by atoms with van der Waals surface area (Å²) in [4.78, 5) is 4.57. The number of benzene rings is 1. The lowest BCUT2D eigenvalue weighted by molar-refractivity contribution is 0.105. The Kier molecular flexibility index (Phi) is 5.76. The van der Waals surface area contributed by atoms with Crippen LogP contribution in [0, 0.1) is 0 Å². The zero-order valence-corrected chi connectivity index (χ0v) is 14.2. The minimum Gasteiger partial charge on any atom is -0.370 e. The van der Waals surface area contributed by atoms with Crippen molar-refractivity contribution in [3.63, 3.8) is 0 Å². The molecule has 3 nitrogen and oxygen atoms in total. The molecule has 0 aliphatic heterocycles. The first-order valence-electron chi connectivity index (χ1n) is 6.93. The summed E-state index contributed by atoms with van der Waals surface area (Å²) in [6.45, 7) is 8.36. The van der Waals surface area contributed by atoms with Crippen molar-refractivity contribution < 1.29 is 4.74 Å². The molecule has 1 aromatic heterocycles. The van der Waals surface area contributed by atoms with Gasteiger partial charge in [0.25, 0.3) is 0 Å². The molecular weight excluding hydrogens is 304 g/mol. The van der Waals surface area contributed by atoms with Gasteiger partial charge in [-0.3, -0.25) is 0 Å². The standard InChI is InChI=1S/C16H21ClN2OS/c1-16(2,3)18-8-15-19-14(11-21-15)10-20-9-12-4-6-13(17)7-5-12/h4-7,11,18H,8-10H2,1-3H3. The average Bonchev–Trinajstić information content (AvgIpc) is 2.86. The summed E-state index contributed by atoms with van der Waals surface area (Å²) in [5.74, 6) is 0. The Morgan fingerprint density at radius 1 is 1.19 bits per heavy atom. The highest BCUT2D eigenvalue weighted by atomic mass is 35.5. The normalized spacial score (nSPS) is 11.8. The van der Waals surface area contributed by atoms with Crippen LogP contribution in [0.4, 0.5) is 0 Å². The fourth-order valence-electron chi connectivity index (χ4n) is 1.69. The number of thiazole rings is 1. The first kappa shape index (κ1) is 16.4. The monoisotopic (exact) mass is 324 g/mol. The van der Waals surface area contributed by atoms with Crippen molar-refractivity contribution >= 4 is 22.9 Å². The molecule has 1 heterocycles. The topological polar surface area (TPSA) is 34.2 Å². The summed E-state index contributed by atoms with van der Waals surface area (Å²) in [7, 11) is 0. The largest absolute Gasteiger partial charge is 0.370 e. The lowest BCUT2D eigenvalue weighted by Gasteiger charge is -2.19. The second-order valence-corrected chi connectivity index (χ2v) is 7.33. The van der Waals surface area contributed by atoms with E-state index in [0.717, 1.165) is 27.8 Å². The fourth-order valence-corrected chi connectivity index (χ4v) is 2.54. The molecule has 0 aliphatic rings. The molecule has 0 aliphatic carbocycles. The lowest BCUT2D eigenvalue weighted by atomic mass is 10.1. The number of halogens is 1. The Morgan fingerprint density at radius 3 is 2.57 bits per heavy atom. The molecule has 0 bridgehead atoms. The quantitative estimate of drug-likeness (QED) is 0.855. The minimum absolute atomic E-state index is 0.108. The molecule has 0 unspecified atom stereocenters. The zero-order chi connectivity index (χ0) is 15.3. The Labute approximate surface area is 135 Å². The van der Waals surface area contributed by atoms with Crippen LogP contribution in [0.3, 0.4) is 0 Å². The van der Waals surface area contributed by atoms with Gasteiger partial charge in [-0.2, -0.15) is 0 Å². The van der Waals surface area contributed by atoms with Crippen LogP contribution < -0.4 is 5.32 Å². The molecule has 0 amide bonds. The molecule has 0 atom stereocenters. The van der Waals surface area contributed by atoms with Gasteiger partial charge in [0.15, 0.2) is 0 Å². The van der Waals surface area contributed by atoms with Crippen LogP contribution in [0.2, 0.25) is 5.02 Å². The summed E-state index contributed by atoms with van der Waals surface area (Å²) >= 11 is 7.52. The molecule has 21 heavy (non-hydrogen) atoms. The van der Waals surface area contributed by atoms with Crippen LogP contribution in [-0.4, -0.2) is 10.5 Å². The van der Waals surface area contributed by atoms with Gasteiger partial charge in [0.2, 0.25) is 0 Å². The summed E-state index contributed by atoms with van der Waals surface area (Å²) < 4.78 is 5.69. The van der Waals surface area contributed by atoms with E-state index in [1.165, 1.54) is 0 Å². The number of nitrogens with zero attached hydrogens (tertiary/aromatic N) is 1. The third kappa shape index (κ3) is 6.14. The molecule has 0 saturated heterocycles. The highest BCUT2D eigenvalue weighted by Crippen LogP contribution is 2.14. The number of hydrogen-bond donors (Lipinski definition) is 1. The third-order valence-electron chi connectivity index (χ3n) is 2.80. The summed E-state index contributed by atoms with van der Waals surface area (Å²) in [6.07, 6.45) is 0. The number of hydrogen-bond acceptors (Lipinski definition) is 4. The van der Waals surface area contributed by atoms with Crippen molar-refractivity contribution in [1.82, 2.24) is 10.3 Å². The predicted octanol–water partition coefficient (Wildman–Crippen LogP) is 4.40. The Morgan fingerprint density at radius 2 is 1.90 bits per heavy atom. The van der Waals surface area contributed by atoms with E-state index < -0.39 is 0 Å². The van der Waals surface area contributed by atoms with E-state index in [0.29, 0.717) is 13.2 Å². The molecule has 0 spiro atoms. The fraction of sp³-hybridized carbons (Fsp3) is 0.438. The van der Waals surface area contributed by atoms with E-state index in [2.05, 4.69) is 36.5 Å². The Hall–Kier alpha value is -0.940. The van der Waals surface area contributed by atoms with Crippen LogP contribution in [-0.2, 0) is 24.5 Å². The molecule has 0 radical (unpaired) electrons. The summed E-state index contributed by atoms with van der Waals surface area (Å²) in [5.41, 5.74) is 2.21. The molecule has 0 fully saturated rings. The van der Waals surface area contributed by atoms with E-state index in [4.69, 9.17) is 16.3 Å². The van der Waals surface area contributed by atoms with Gasteiger partial charge in [0, 0.05) is 22.5 Å². The van der Waals surface area contributed by atoms with Gasteiger partial charge in [-0.15, -0.1) is 11.3 Å². The van der Waals surface area contributed by atoms with Gasteiger partial charge in [0.05, 0.1) is 18.9 Å². The summed E-state index contributed by atoms with van der Waals surface area (Å²) in [5, 5.41) is 7.33. The smallest absolute Gasteiger partial charge is 0.107 e. The van der Waals surface area contributed by atoms with E-state index in [-0.39, 0.29) is 5.54 Å². The molecule has 1 N–H and O–H groups in total. The molecule has 0 saturated carbocycles. The van der Waals surface area contributed by atoms with E-state index in [1.54, 1.807) is 11.3 Å². The van der Waals surface area contributed by atoms with Crippen molar-refractivity contribution in [2.24, 2.45) is 0 Å². The maximum Gasteiger partial charge on any atom is 0.107 e. The molecule has 2 aromatic rings. The van der Waals surface area contributed by atoms with Crippen LogP contribution in [0.5, 0.6) is 0 Å². The lowest BCUT2D eigenvalue weighted by Crippen LogP contribution is -2.35. The second-order valence-electron chi connectivity index (χ2n) is 5.96. The van der Waals surface area contributed by atoms with Crippen molar-refractivity contribution in [2.75, 3.05) is 0 Å². The number of ether oxygens (including phenoxy) is 1. The van der Waals surface area contributed by atoms with Crippen LogP contribution in [0.25, 0.3) is 0 Å². The van der Waals surface area contributed by atoms with E-state index >= 15 is 0 Å². The number of rotatable bonds is 6. The third-order valence-corrected chi connectivity index (χ3v) is 3.95. The first-order valence-corrected chi connectivity index (χ1v) is 8.19. The van der Waals surface area contributed by atoms with Gasteiger partial charge in [0.1, 0.15) is 5.01 Å². The highest BCUT2D eigenvalue weighted by Gasteiger charge is 2.10. The maximum atomic E-state index is 5.85. The minimum atomic E-state index is 0.108. The van der Waals surface area contributed by atoms with Crippen molar-refractivity contribution in [3.8, 4) is 0 Å². The molecule has 1 aromatic carbocycles. The number of aromatic nitrogens is 1. The van der Waals surface area contributed by atoms with Gasteiger partial charge in [-0.05, 0) is 38.5 Å². The van der Waals surface area contributed by atoms with Gasteiger partial charge < -0.3 is 10.1 Å². The first-order chi connectivity index (χ1) is 9.92. The van der Waals surface area contributed by atoms with Gasteiger partial charge in [-0.1, -0.05) is 23.7 Å². The van der Waals surface area contributed by atoms with Crippen LogP contribution >= 0.6 is 22.9 Å². The van der Waals surface area contributed by atoms with E-state index in [1.807, 2.05) is 24.3 Å². The molecule has 114 valence electrons. The van der Waals surface area contributed by atoms with Crippen LogP contribution in [0.1, 0.15) is 37.0 Å². The van der Waals surface area contributed by atoms with Gasteiger partial charge >= 0.3 is 0 Å². The predicted molar refractivity (Wildman–Crippen MR) is 88.7 cm³/mol. The Balaban J connectivity index is 1.76. The SMILES string of the molecule is CC(C)(C)NCc1nc(COCc2ccc(Cl)cc2)cs1. The van der Waals surface area contributed by atoms with Crippen molar-refractivity contribution in [1.29, 1.82) is 0 Å². The van der Waals surface area contributed by atoms with Crippen LogP contribution in [0.15, 0.2) is 29.6 Å². The second kappa shape index (κ2) is 7.36. The van der Waals surface area contributed by atoms with Gasteiger partial charge in [-0.25, -0.2) is 4.98 Å². The van der Waals surface area contributed by atoms with Crippen molar-refractivity contribution in [2.45, 2.75) is 46.1 Å². The average molecular weight is 325 g/mol. The molecule has 2 rings (SSSR count). The number of nitrogens with one attached hydrogen (secondary N) is 1.